The van der Waals surface area contributed by atoms with Gasteiger partial charge >= 0.3 is 0 Å². The average molecular weight is 363 g/mol. The third-order valence-electron chi connectivity index (χ3n) is 4.78. The van der Waals surface area contributed by atoms with Gasteiger partial charge in [0.2, 0.25) is 5.95 Å². The van der Waals surface area contributed by atoms with E-state index in [1.807, 2.05) is 12.1 Å². The molecule has 7 nitrogen and oxygen atoms in total. The van der Waals surface area contributed by atoms with Gasteiger partial charge in [-0.05, 0) is 49.9 Å². The van der Waals surface area contributed by atoms with Crippen LogP contribution in [0.5, 0.6) is 0 Å². The van der Waals surface area contributed by atoms with Gasteiger partial charge in [-0.15, -0.1) is 0 Å². The number of carbonyl (C=O) groups is 1. The highest BCUT2D eigenvalue weighted by Gasteiger charge is 2.20. The van der Waals surface area contributed by atoms with Crippen LogP contribution in [0.15, 0.2) is 48.8 Å². The quantitative estimate of drug-likeness (QED) is 0.659. The lowest BCUT2D eigenvalue weighted by Gasteiger charge is -2.26. The lowest BCUT2D eigenvalue weighted by atomic mass is 9.93. The number of hydrogen-bond donors (Lipinski definition) is 3. The number of nitrogens with one attached hydrogen (secondary N) is 2. The summed E-state index contributed by atoms with van der Waals surface area (Å²) < 4.78 is 0. The molecule has 1 amide bonds. The van der Waals surface area contributed by atoms with Crippen LogP contribution in [0, 0.1) is 0 Å². The summed E-state index contributed by atoms with van der Waals surface area (Å²) in [5.41, 5.74) is 1.22. The van der Waals surface area contributed by atoms with Crippen molar-refractivity contribution in [2.45, 2.75) is 37.8 Å². The van der Waals surface area contributed by atoms with Crippen LogP contribution >= 0.6 is 0 Å². The summed E-state index contributed by atoms with van der Waals surface area (Å²) >= 11 is 0. The van der Waals surface area contributed by atoms with E-state index in [0.29, 0.717) is 22.8 Å². The van der Waals surface area contributed by atoms with Gasteiger partial charge in [0.05, 0.1) is 11.6 Å². The van der Waals surface area contributed by atoms with Crippen molar-refractivity contribution >= 4 is 28.6 Å². The maximum Gasteiger partial charge on any atom is 0.256 e. The van der Waals surface area contributed by atoms with Gasteiger partial charge in [0, 0.05) is 29.4 Å². The number of hydrogen-bond acceptors (Lipinski definition) is 6. The van der Waals surface area contributed by atoms with E-state index in [1.165, 1.54) is 0 Å². The SMILES string of the molecule is O=C(Nc1ccccn1)c1ccc2cnc(NC3CCC(O)CC3)nc2c1. The topological polar surface area (TPSA) is 100 Å². The second-order valence-electron chi connectivity index (χ2n) is 6.79. The number of rotatable bonds is 4. The zero-order chi connectivity index (χ0) is 18.6. The number of benzene rings is 1. The van der Waals surface area contributed by atoms with Crippen molar-refractivity contribution in [1.29, 1.82) is 0 Å². The summed E-state index contributed by atoms with van der Waals surface area (Å²) in [6.45, 7) is 0. The maximum atomic E-state index is 12.5. The van der Waals surface area contributed by atoms with Gasteiger partial charge in [0.1, 0.15) is 5.82 Å². The summed E-state index contributed by atoms with van der Waals surface area (Å²) in [5.74, 6) is 0.822. The molecule has 4 rings (SSSR count). The first-order valence-corrected chi connectivity index (χ1v) is 9.11. The molecule has 0 radical (unpaired) electrons. The standard InChI is InChI=1S/C20H21N5O2/c26-16-8-6-15(7-9-16)23-20-22-12-14-5-4-13(11-17(14)24-20)19(27)25-18-3-1-2-10-21-18/h1-5,10-12,15-16,26H,6-9H2,(H,21,25,27)(H,22,23,24). The Hall–Kier alpha value is -3.06. The van der Waals surface area contributed by atoms with E-state index in [9.17, 15) is 9.90 Å². The van der Waals surface area contributed by atoms with Gasteiger partial charge in [0.25, 0.3) is 5.91 Å². The molecule has 1 aliphatic carbocycles. The zero-order valence-corrected chi connectivity index (χ0v) is 14.8. The number of nitrogens with zero attached hydrogens (tertiary/aromatic N) is 3. The molecule has 3 N–H and O–H groups in total. The molecule has 3 aromatic rings. The van der Waals surface area contributed by atoms with Crippen LogP contribution in [0.3, 0.4) is 0 Å². The van der Waals surface area contributed by atoms with Crippen molar-refractivity contribution < 1.29 is 9.90 Å². The minimum atomic E-state index is -0.231. The fourth-order valence-electron chi connectivity index (χ4n) is 3.26. The van der Waals surface area contributed by atoms with Crippen molar-refractivity contribution in [2.24, 2.45) is 0 Å². The number of fused-ring (bicyclic) bond motifs is 1. The molecule has 2 aromatic heterocycles. The van der Waals surface area contributed by atoms with Crippen molar-refractivity contribution in [3.63, 3.8) is 0 Å². The van der Waals surface area contributed by atoms with Crippen molar-refractivity contribution in [2.75, 3.05) is 10.6 Å². The van der Waals surface area contributed by atoms with Gasteiger partial charge in [-0.3, -0.25) is 4.79 Å². The van der Waals surface area contributed by atoms with E-state index in [2.05, 4.69) is 25.6 Å². The van der Waals surface area contributed by atoms with Crippen LogP contribution in [0.25, 0.3) is 10.9 Å². The van der Waals surface area contributed by atoms with Crippen molar-refractivity contribution in [3.05, 3.63) is 54.4 Å². The smallest absolute Gasteiger partial charge is 0.256 e. The molecule has 1 saturated carbocycles. The number of amides is 1. The molecule has 0 unspecified atom stereocenters. The number of carbonyl (C=O) groups excluding carboxylic acids is 1. The second kappa shape index (κ2) is 7.67. The molecule has 2 heterocycles. The fraction of sp³-hybridized carbons (Fsp3) is 0.300. The fourth-order valence-corrected chi connectivity index (χ4v) is 3.26. The van der Waals surface area contributed by atoms with E-state index < -0.39 is 0 Å². The number of anilines is 2. The highest BCUT2D eigenvalue weighted by atomic mass is 16.3. The molecule has 0 saturated heterocycles. The highest BCUT2D eigenvalue weighted by Crippen LogP contribution is 2.22. The predicted molar refractivity (Wildman–Crippen MR) is 104 cm³/mol. The first-order valence-electron chi connectivity index (χ1n) is 9.11. The molecule has 7 heteroatoms. The molecule has 27 heavy (non-hydrogen) atoms. The Balaban J connectivity index is 1.51. The largest absolute Gasteiger partial charge is 0.393 e. The Morgan fingerprint density at radius 3 is 2.70 bits per heavy atom. The van der Waals surface area contributed by atoms with Gasteiger partial charge in [-0.2, -0.15) is 0 Å². The van der Waals surface area contributed by atoms with Crippen molar-refractivity contribution in [3.8, 4) is 0 Å². The Labute approximate surface area is 156 Å². The lowest BCUT2D eigenvalue weighted by molar-refractivity contribution is 0.102. The maximum absolute atomic E-state index is 12.5. The lowest BCUT2D eigenvalue weighted by Crippen LogP contribution is -2.28. The van der Waals surface area contributed by atoms with Gasteiger partial charge in [-0.1, -0.05) is 12.1 Å². The molecular formula is C20H21N5O2. The van der Waals surface area contributed by atoms with E-state index in [1.54, 1.807) is 36.7 Å². The van der Waals surface area contributed by atoms with Crippen LogP contribution in [-0.2, 0) is 0 Å². The summed E-state index contributed by atoms with van der Waals surface area (Å²) in [7, 11) is 0. The summed E-state index contributed by atoms with van der Waals surface area (Å²) in [6.07, 6.45) is 6.57. The van der Waals surface area contributed by atoms with E-state index >= 15 is 0 Å². The molecule has 138 valence electrons. The number of aromatic nitrogens is 3. The summed E-state index contributed by atoms with van der Waals surface area (Å²) in [6, 6.07) is 11.0. The molecule has 1 aliphatic rings. The third-order valence-corrected chi connectivity index (χ3v) is 4.78. The highest BCUT2D eigenvalue weighted by molar-refractivity contribution is 6.05. The predicted octanol–water partition coefficient (Wildman–Crippen LogP) is 2.99. The Kier molecular flexibility index (Phi) is 4.93. The third kappa shape index (κ3) is 4.20. The minimum Gasteiger partial charge on any atom is -0.393 e. The molecule has 1 aromatic carbocycles. The van der Waals surface area contributed by atoms with Crippen LogP contribution in [0.4, 0.5) is 11.8 Å². The van der Waals surface area contributed by atoms with Crippen LogP contribution < -0.4 is 10.6 Å². The Morgan fingerprint density at radius 1 is 1.07 bits per heavy atom. The van der Waals surface area contributed by atoms with Crippen LogP contribution in [-0.4, -0.2) is 38.1 Å². The summed E-state index contributed by atoms with van der Waals surface area (Å²) in [4.78, 5) is 25.5. The van der Waals surface area contributed by atoms with Gasteiger partial charge in [0.15, 0.2) is 0 Å². The molecular weight excluding hydrogens is 342 g/mol. The second-order valence-corrected chi connectivity index (χ2v) is 6.79. The summed E-state index contributed by atoms with van der Waals surface area (Å²) in [5, 5.41) is 16.6. The number of aliphatic hydroxyl groups is 1. The van der Waals surface area contributed by atoms with Gasteiger partial charge in [-0.25, -0.2) is 15.0 Å². The molecule has 0 aliphatic heterocycles. The van der Waals surface area contributed by atoms with E-state index in [4.69, 9.17) is 0 Å². The molecule has 0 bridgehead atoms. The Bertz CT molecular complexity index is 940. The normalized spacial score (nSPS) is 19.6. The average Bonchev–Trinajstić information content (AvgIpc) is 2.70. The molecule has 1 fully saturated rings. The molecule has 0 atom stereocenters. The number of aliphatic hydroxyl groups excluding tert-OH is 1. The Morgan fingerprint density at radius 2 is 1.93 bits per heavy atom. The molecule has 0 spiro atoms. The first kappa shape index (κ1) is 17.4. The van der Waals surface area contributed by atoms with Crippen molar-refractivity contribution in [1.82, 2.24) is 15.0 Å². The monoisotopic (exact) mass is 363 g/mol. The van der Waals surface area contributed by atoms with E-state index in [0.717, 1.165) is 31.1 Å². The van der Waals surface area contributed by atoms with Crippen LogP contribution in [0.1, 0.15) is 36.0 Å². The van der Waals surface area contributed by atoms with E-state index in [-0.39, 0.29) is 18.1 Å². The van der Waals surface area contributed by atoms with Gasteiger partial charge < -0.3 is 15.7 Å². The minimum absolute atomic E-state index is 0.194. The zero-order valence-electron chi connectivity index (χ0n) is 14.8. The first-order chi connectivity index (χ1) is 13.2. The van der Waals surface area contributed by atoms with Crippen LogP contribution in [0.2, 0.25) is 0 Å². The number of pyridine rings is 1.